The molecule has 3 rings (SSSR count). The van der Waals surface area contributed by atoms with E-state index in [1.165, 1.54) is 11.8 Å². The lowest BCUT2D eigenvalue weighted by atomic mass is 10.3. The zero-order chi connectivity index (χ0) is 19.1. The highest BCUT2D eigenvalue weighted by atomic mass is 19.2. The molecule has 0 bridgehead atoms. The first-order chi connectivity index (χ1) is 13.1. The van der Waals surface area contributed by atoms with Crippen molar-refractivity contribution in [2.24, 2.45) is 0 Å². The van der Waals surface area contributed by atoms with Gasteiger partial charge in [-0.05, 0) is 30.7 Å². The van der Waals surface area contributed by atoms with Gasteiger partial charge in [0.05, 0.1) is 6.54 Å². The third-order valence-electron chi connectivity index (χ3n) is 4.44. The largest absolute Gasteiger partial charge is 0.492 e. The quantitative estimate of drug-likeness (QED) is 0.816. The Labute approximate surface area is 157 Å². The summed E-state index contributed by atoms with van der Waals surface area (Å²) in [6.07, 6.45) is 0.896. The number of rotatable bonds is 5. The Balaban J connectivity index is 1.41. The number of amides is 2. The molecule has 0 atom stereocenters. The Hall–Kier alpha value is -2.83. The molecule has 0 radical (unpaired) electrons. The van der Waals surface area contributed by atoms with E-state index in [9.17, 15) is 13.6 Å². The maximum atomic E-state index is 13.1. The van der Waals surface area contributed by atoms with Gasteiger partial charge in [-0.3, -0.25) is 0 Å². The summed E-state index contributed by atoms with van der Waals surface area (Å²) in [5.74, 6) is -1.64. The fraction of sp³-hybridized carbons (Fsp3) is 0.350. The van der Waals surface area contributed by atoms with Crippen LogP contribution in [0.15, 0.2) is 48.5 Å². The van der Waals surface area contributed by atoms with Gasteiger partial charge in [-0.15, -0.1) is 0 Å². The molecule has 0 saturated carbocycles. The van der Waals surface area contributed by atoms with Crippen LogP contribution in [-0.4, -0.2) is 50.3 Å². The SMILES string of the molecule is O=C(NCCOc1ccc(F)c(F)c1)N1CCCN(c2ccccc2)CC1. The van der Waals surface area contributed by atoms with Gasteiger partial charge in [-0.25, -0.2) is 13.6 Å². The van der Waals surface area contributed by atoms with Crippen LogP contribution in [0.3, 0.4) is 0 Å². The molecule has 1 saturated heterocycles. The number of anilines is 1. The molecule has 0 unspecified atom stereocenters. The Kier molecular flexibility index (Phi) is 6.46. The number of carbonyl (C=O) groups excluding carboxylic acids is 1. The first-order valence-corrected chi connectivity index (χ1v) is 9.04. The molecule has 27 heavy (non-hydrogen) atoms. The van der Waals surface area contributed by atoms with Crippen LogP contribution in [0.4, 0.5) is 19.3 Å². The van der Waals surface area contributed by atoms with Crippen molar-refractivity contribution in [2.45, 2.75) is 6.42 Å². The number of hydrogen-bond acceptors (Lipinski definition) is 3. The number of nitrogens with one attached hydrogen (secondary N) is 1. The number of hydrogen-bond donors (Lipinski definition) is 1. The van der Waals surface area contributed by atoms with Gasteiger partial charge in [0.1, 0.15) is 12.4 Å². The molecule has 1 N–H and O–H groups in total. The number of ether oxygens (including phenoxy) is 1. The molecule has 2 aromatic carbocycles. The highest BCUT2D eigenvalue weighted by molar-refractivity contribution is 5.74. The number of urea groups is 1. The van der Waals surface area contributed by atoms with E-state index in [1.54, 1.807) is 4.90 Å². The maximum Gasteiger partial charge on any atom is 0.317 e. The average molecular weight is 375 g/mol. The first kappa shape index (κ1) is 18.9. The Morgan fingerprint density at radius 3 is 2.59 bits per heavy atom. The summed E-state index contributed by atoms with van der Waals surface area (Å²) in [7, 11) is 0. The van der Waals surface area contributed by atoms with Gasteiger partial charge >= 0.3 is 6.03 Å². The van der Waals surface area contributed by atoms with Gasteiger partial charge in [0.2, 0.25) is 0 Å². The lowest BCUT2D eigenvalue weighted by Gasteiger charge is -2.23. The third-order valence-corrected chi connectivity index (χ3v) is 4.44. The second-order valence-corrected chi connectivity index (χ2v) is 6.32. The molecule has 0 aliphatic carbocycles. The summed E-state index contributed by atoms with van der Waals surface area (Å²) in [4.78, 5) is 16.4. The monoisotopic (exact) mass is 375 g/mol. The van der Waals surface area contributed by atoms with E-state index in [4.69, 9.17) is 4.74 Å². The molecular formula is C20H23F2N3O2. The molecule has 1 aliphatic heterocycles. The van der Waals surface area contributed by atoms with E-state index in [0.717, 1.165) is 31.6 Å². The molecule has 2 aromatic rings. The lowest BCUT2D eigenvalue weighted by Crippen LogP contribution is -2.43. The summed E-state index contributed by atoms with van der Waals surface area (Å²) in [5, 5.41) is 2.81. The number of halogens is 2. The maximum absolute atomic E-state index is 13.1. The van der Waals surface area contributed by atoms with Crippen LogP contribution < -0.4 is 15.0 Å². The van der Waals surface area contributed by atoms with Crippen molar-refractivity contribution in [3.8, 4) is 5.75 Å². The Morgan fingerprint density at radius 1 is 1.00 bits per heavy atom. The zero-order valence-corrected chi connectivity index (χ0v) is 15.0. The van der Waals surface area contributed by atoms with Crippen LogP contribution in [0.2, 0.25) is 0 Å². The first-order valence-electron chi connectivity index (χ1n) is 9.04. The van der Waals surface area contributed by atoms with E-state index in [1.807, 2.05) is 18.2 Å². The number of nitrogens with zero attached hydrogens (tertiary/aromatic N) is 2. The summed E-state index contributed by atoms with van der Waals surface area (Å²) in [5.41, 5.74) is 1.17. The van der Waals surface area contributed by atoms with Gasteiger partial charge < -0.3 is 19.9 Å². The second kappa shape index (κ2) is 9.21. The van der Waals surface area contributed by atoms with Crippen LogP contribution in [0, 0.1) is 11.6 Å². The molecule has 144 valence electrons. The van der Waals surface area contributed by atoms with Crippen molar-refractivity contribution >= 4 is 11.7 Å². The summed E-state index contributed by atoms with van der Waals surface area (Å²) in [6, 6.07) is 13.4. The van der Waals surface area contributed by atoms with E-state index in [0.29, 0.717) is 13.1 Å². The third kappa shape index (κ3) is 5.32. The van der Waals surface area contributed by atoms with Gasteiger partial charge in [0.25, 0.3) is 0 Å². The predicted octanol–water partition coefficient (Wildman–Crippen LogP) is 3.27. The van der Waals surface area contributed by atoms with Crippen molar-refractivity contribution < 1.29 is 18.3 Å². The van der Waals surface area contributed by atoms with Gasteiger partial charge in [-0.2, -0.15) is 0 Å². The fourth-order valence-electron chi connectivity index (χ4n) is 3.02. The number of para-hydroxylation sites is 1. The highest BCUT2D eigenvalue weighted by Gasteiger charge is 2.18. The molecule has 1 fully saturated rings. The minimum absolute atomic E-state index is 0.140. The lowest BCUT2D eigenvalue weighted by molar-refractivity contribution is 0.198. The fourth-order valence-corrected chi connectivity index (χ4v) is 3.02. The molecule has 0 spiro atoms. The molecule has 5 nitrogen and oxygen atoms in total. The normalized spacial score (nSPS) is 14.6. The molecule has 1 heterocycles. The smallest absolute Gasteiger partial charge is 0.317 e. The van der Waals surface area contributed by atoms with E-state index >= 15 is 0 Å². The van der Waals surface area contributed by atoms with Gasteiger partial charge in [-0.1, -0.05) is 18.2 Å². The standard InChI is InChI=1S/C20H23F2N3O2/c21-18-8-7-17(15-19(18)22)27-14-9-23-20(26)25-11-4-10-24(12-13-25)16-5-2-1-3-6-16/h1-3,5-8,15H,4,9-14H2,(H,23,26). The molecule has 0 aromatic heterocycles. The molecule has 7 heteroatoms. The molecule has 1 aliphatic rings. The van der Waals surface area contributed by atoms with Crippen LogP contribution >= 0.6 is 0 Å². The molecular weight excluding hydrogens is 352 g/mol. The minimum Gasteiger partial charge on any atom is -0.492 e. The average Bonchev–Trinajstić information content (AvgIpc) is 2.95. The zero-order valence-electron chi connectivity index (χ0n) is 15.0. The van der Waals surface area contributed by atoms with E-state index in [2.05, 4.69) is 22.3 Å². The van der Waals surface area contributed by atoms with Crippen LogP contribution in [0.5, 0.6) is 5.75 Å². The number of benzene rings is 2. The summed E-state index contributed by atoms with van der Waals surface area (Å²) in [6.45, 7) is 3.50. The van der Waals surface area contributed by atoms with Gasteiger partial charge in [0.15, 0.2) is 11.6 Å². The van der Waals surface area contributed by atoms with Crippen LogP contribution in [-0.2, 0) is 0 Å². The van der Waals surface area contributed by atoms with Crippen LogP contribution in [0.25, 0.3) is 0 Å². The van der Waals surface area contributed by atoms with E-state index in [-0.39, 0.29) is 24.9 Å². The predicted molar refractivity (Wildman–Crippen MR) is 100 cm³/mol. The summed E-state index contributed by atoms with van der Waals surface area (Å²) >= 11 is 0. The van der Waals surface area contributed by atoms with Crippen molar-refractivity contribution in [3.05, 3.63) is 60.2 Å². The molecule has 2 amide bonds. The Bertz CT molecular complexity index is 758. The van der Waals surface area contributed by atoms with Crippen molar-refractivity contribution in [3.63, 3.8) is 0 Å². The Morgan fingerprint density at radius 2 is 1.81 bits per heavy atom. The minimum atomic E-state index is -0.955. The van der Waals surface area contributed by atoms with Crippen molar-refractivity contribution in [1.29, 1.82) is 0 Å². The van der Waals surface area contributed by atoms with E-state index < -0.39 is 11.6 Å². The van der Waals surface area contributed by atoms with Crippen LogP contribution in [0.1, 0.15) is 6.42 Å². The number of carbonyl (C=O) groups is 1. The van der Waals surface area contributed by atoms with Gasteiger partial charge in [0, 0.05) is 37.9 Å². The summed E-state index contributed by atoms with van der Waals surface area (Å²) < 4.78 is 31.3. The second-order valence-electron chi connectivity index (χ2n) is 6.32. The van der Waals surface area contributed by atoms with Crippen molar-refractivity contribution in [2.75, 3.05) is 44.2 Å². The van der Waals surface area contributed by atoms with Crippen molar-refractivity contribution in [1.82, 2.24) is 10.2 Å². The highest BCUT2D eigenvalue weighted by Crippen LogP contribution is 2.16. The topological polar surface area (TPSA) is 44.8 Å².